The van der Waals surface area contributed by atoms with Crippen LogP contribution in [0.25, 0.3) is 6.08 Å². The van der Waals surface area contributed by atoms with Gasteiger partial charge in [-0.25, -0.2) is 4.79 Å². The van der Waals surface area contributed by atoms with Crippen molar-refractivity contribution in [2.75, 3.05) is 13.2 Å². The van der Waals surface area contributed by atoms with E-state index in [9.17, 15) is 19.2 Å². The number of imide groups is 1. The summed E-state index contributed by atoms with van der Waals surface area (Å²) >= 11 is 0.756. The molecule has 0 radical (unpaired) electrons. The number of nitrogens with zero attached hydrogens (tertiary/aromatic N) is 1. The third-order valence-corrected chi connectivity index (χ3v) is 5.02. The van der Waals surface area contributed by atoms with Crippen molar-refractivity contribution < 1.29 is 28.7 Å². The van der Waals surface area contributed by atoms with Crippen LogP contribution < -0.4 is 4.74 Å². The minimum atomic E-state index is -0.638. The minimum absolute atomic E-state index is 0.172. The first kappa shape index (κ1) is 21.3. The van der Waals surface area contributed by atoms with Gasteiger partial charge in [-0.05, 0) is 61.5 Å². The Morgan fingerprint density at radius 2 is 1.83 bits per heavy atom. The Balaban J connectivity index is 1.67. The Bertz CT molecular complexity index is 1030. The van der Waals surface area contributed by atoms with Crippen LogP contribution in [0.1, 0.15) is 28.4 Å². The zero-order chi connectivity index (χ0) is 21.7. The maximum Gasteiger partial charge on any atom is 0.343 e. The predicted octanol–water partition coefficient (Wildman–Crippen LogP) is 3.81. The van der Waals surface area contributed by atoms with Crippen LogP contribution in [0.3, 0.4) is 0 Å². The van der Waals surface area contributed by atoms with Gasteiger partial charge in [0.2, 0.25) is 0 Å². The molecule has 0 aliphatic carbocycles. The Morgan fingerprint density at radius 3 is 2.50 bits per heavy atom. The fraction of sp³-hybridized carbons (Fsp3) is 0.182. The maximum absolute atomic E-state index is 12.4. The molecule has 154 valence electrons. The van der Waals surface area contributed by atoms with Crippen LogP contribution in [0.15, 0.2) is 53.4 Å². The Hall–Kier alpha value is -3.39. The molecular weight excluding hydrogens is 406 g/mol. The van der Waals surface area contributed by atoms with Crippen molar-refractivity contribution in [3.8, 4) is 5.75 Å². The molecule has 1 saturated heterocycles. The van der Waals surface area contributed by atoms with Gasteiger partial charge < -0.3 is 9.47 Å². The van der Waals surface area contributed by atoms with Crippen molar-refractivity contribution in [3.05, 3.63) is 70.1 Å². The largest absolute Gasteiger partial charge is 0.465 e. The highest BCUT2D eigenvalue weighted by atomic mass is 32.2. The molecule has 1 heterocycles. The van der Waals surface area contributed by atoms with Gasteiger partial charge in [0, 0.05) is 0 Å². The van der Waals surface area contributed by atoms with Crippen molar-refractivity contribution in [2.24, 2.45) is 0 Å². The summed E-state index contributed by atoms with van der Waals surface area (Å²) in [6.07, 6.45) is 1.54. The summed E-state index contributed by atoms with van der Waals surface area (Å²) in [7, 11) is 0. The van der Waals surface area contributed by atoms with Crippen LogP contribution in [0.4, 0.5) is 4.79 Å². The number of carbonyl (C=O) groups excluding carboxylic acids is 4. The second-order valence-electron chi connectivity index (χ2n) is 6.40. The van der Waals surface area contributed by atoms with Gasteiger partial charge in [-0.1, -0.05) is 29.8 Å². The fourth-order valence-corrected chi connectivity index (χ4v) is 3.53. The number of aryl methyl sites for hydroxylation is 1. The number of rotatable bonds is 6. The van der Waals surface area contributed by atoms with Gasteiger partial charge in [-0.15, -0.1) is 0 Å². The van der Waals surface area contributed by atoms with E-state index in [4.69, 9.17) is 9.47 Å². The number of thioether (sulfide) groups is 1. The van der Waals surface area contributed by atoms with Crippen LogP contribution >= 0.6 is 11.8 Å². The first-order valence-electron chi connectivity index (χ1n) is 9.17. The lowest BCUT2D eigenvalue weighted by molar-refractivity contribution is -0.145. The second-order valence-corrected chi connectivity index (χ2v) is 7.39. The van der Waals surface area contributed by atoms with Crippen molar-refractivity contribution in [1.29, 1.82) is 0 Å². The number of benzene rings is 2. The van der Waals surface area contributed by atoms with Gasteiger partial charge in [0.05, 0.1) is 17.1 Å². The van der Waals surface area contributed by atoms with Crippen LogP contribution in [0.2, 0.25) is 0 Å². The van der Waals surface area contributed by atoms with Crippen molar-refractivity contribution in [2.45, 2.75) is 13.8 Å². The van der Waals surface area contributed by atoms with E-state index in [1.54, 1.807) is 55.5 Å². The molecule has 0 saturated carbocycles. The molecule has 1 aliphatic heterocycles. The summed E-state index contributed by atoms with van der Waals surface area (Å²) in [5, 5.41) is -0.525. The van der Waals surface area contributed by atoms with E-state index in [1.165, 1.54) is 0 Å². The Morgan fingerprint density at radius 1 is 1.10 bits per heavy atom. The zero-order valence-electron chi connectivity index (χ0n) is 16.4. The topological polar surface area (TPSA) is 90.0 Å². The number of carbonyl (C=O) groups is 4. The first-order chi connectivity index (χ1) is 14.4. The lowest BCUT2D eigenvalue weighted by Crippen LogP contribution is -2.34. The van der Waals surface area contributed by atoms with E-state index in [-0.39, 0.29) is 11.5 Å². The smallest absolute Gasteiger partial charge is 0.343 e. The average molecular weight is 425 g/mol. The molecular formula is C22H19NO6S. The van der Waals surface area contributed by atoms with Gasteiger partial charge in [0.15, 0.2) is 0 Å². The van der Waals surface area contributed by atoms with E-state index in [1.807, 2.05) is 13.0 Å². The molecule has 0 N–H and O–H groups in total. The quantitative estimate of drug-likeness (QED) is 0.395. The van der Waals surface area contributed by atoms with Gasteiger partial charge in [0.1, 0.15) is 12.3 Å². The van der Waals surface area contributed by atoms with E-state index in [0.717, 1.165) is 22.2 Å². The molecule has 0 aromatic heterocycles. The minimum Gasteiger partial charge on any atom is -0.465 e. The molecule has 8 heteroatoms. The molecule has 7 nitrogen and oxygen atoms in total. The number of amides is 2. The molecule has 0 bridgehead atoms. The molecule has 2 aromatic carbocycles. The van der Waals surface area contributed by atoms with Crippen LogP contribution in [0.5, 0.6) is 5.75 Å². The zero-order valence-corrected chi connectivity index (χ0v) is 17.2. The summed E-state index contributed by atoms with van der Waals surface area (Å²) in [5.74, 6) is -1.30. The molecule has 0 atom stereocenters. The lowest BCUT2D eigenvalue weighted by Gasteiger charge is -2.10. The van der Waals surface area contributed by atoms with E-state index in [0.29, 0.717) is 16.9 Å². The second kappa shape index (κ2) is 9.41. The molecule has 0 unspecified atom stereocenters. The SMILES string of the molecule is CCOC(=O)CN1C(=O)S/C(=C\c2ccc(OC(=O)c3cccc(C)c3)cc2)C1=O. The Labute approximate surface area is 177 Å². The molecule has 3 rings (SSSR count). The molecule has 2 amide bonds. The summed E-state index contributed by atoms with van der Waals surface area (Å²) in [4.78, 5) is 49.3. The number of ether oxygens (including phenoxy) is 2. The standard InChI is InChI=1S/C22H19NO6S/c1-3-28-19(24)13-23-20(25)18(30-22(23)27)12-15-7-9-17(10-8-15)29-21(26)16-6-4-5-14(2)11-16/h4-12H,3,13H2,1-2H3/b18-12-. The highest BCUT2D eigenvalue weighted by Gasteiger charge is 2.36. The summed E-state index contributed by atoms with van der Waals surface area (Å²) < 4.78 is 10.1. The van der Waals surface area contributed by atoms with E-state index < -0.39 is 29.6 Å². The van der Waals surface area contributed by atoms with Crippen LogP contribution in [-0.4, -0.2) is 41.1 Å². The third kappa shape index (κ3) is 5.15. The van der Waals surface area contributed by atoms with Crippen LogP contribution in [-0.2, 0) is 14.3 Å². The molecule has 30 heavy (non-hydrogen) atoms. The highest BCUT2D eigenvalue weighted by Crippen LogP contribution is 2.32. The number of hydrogen-bond donors (Lipinski definition) is 0. The first-order valence-corrected chi connectivity index (χ1v) is 9.99. The normalized spacial score (nSPS) is 14.9. The van der Waals surface area contributed by atoms with Crippen molar-refractivity contribution >= 4 is 40.9 Å². The average Bonchev–Trinajstić information content (AvgIpc) is 2.97. The highest BCUT2D eigenvalue weighted by molar-refractivity contribution is 8.18. The van der Waals surface area contributed by atoms with E-state index in [2.05, 4.69) is 0 Å². The number of hydrogen-bond acceptors (Lipinski definition) is 7. The molecule has 1 fully saturated rings. The molecule has 1 aliphatic rings. The maximum atomic E-state index is 12.4. The van der Waals surface area contributed by atoms with Crippen molar-refractivity contribution in [1.82, 2.24) is 4.90 Å². The monoisotopic (exact) mass is 425 g/mol. The van der Waals surface area contributed by atoms with Gasteiger partial charge in [0.25, 0.3) is 11.1 Å². The predicted molar refractivity (Wildman–Crippen MR) is 112 cm³/mol. The van der Waals surface area contributed by atoms with Crippen LogP contribution in [0, 0.1) is 6.92 Å². The fourth-order valence-electron chi connectivity index (χ4n) is 2.69. The number of esters is 2. The summed E-state index contributed by atoms with van der Waals surface area (Å²) in [5.41, 5.74) is 2.05. The van der Waals surface area contributed by atoms with Crippen molar-refractivity contribution in [3.63, 3.8) is 0 Å². The van der Waals surface area contributed by atoms with E-state index >= 15 is 0 Å². The third-order valence-electron chi connectivity index (χ3n) is 4.11. The molecule has 0 spiro atoms. The molecule has 2 aromatic rings. The van der Waals surface area contributed by atoms with Gasteiger partial charge in [-0.2, -0.15) is 0 Å². The van der Waals surface area contributed by atoms with Gasteiger partial charge in [-0.3, -0.25) is 19.3 Å². The Kier molecular flexibility index (Phi) is 6.68. The summed E-state index contributed by atoms with van der Waals surface area (Å²) in [6.45, 7) is 3.29. The van der Waals surface area contributed by atoms with Gasteiger partial charge >= 0.3 is 11.9 Å². The lowest BCUT2D eigenvalue weighted by atomic mass is 10.1. The summed E-state index contributed by atoms with van der Waals surface area (Å²) in [6, 6.07) is 13.6.